The number of rotatable bonds is 16. The number of hydrogen-bond donors (Lipinski definition) is 2. The van der Waals surface area contributed by atoms with Gasteiger partial charge in [-0.15, -0.1) is 0 Å². The molecular formula is C16H37N2O3P. The van der Waals surface area contributed by atoms with Crippen molar-refractivity contribution in [2.24, 2.45) is 11.5 Å². The highest BCUT2D eigenvalue weighted by Gasteiger charge is 2.12. The van der Waals surface area contributed by atoms with Crippen LogP contribution in [0.1, 0.15) is 90.9 Å². The highest BCUT2D eigenvalue weighted by atomic mass is 31.1. The van der Waals surface area contributed by atoms with Gasteiger partial charge in [0, 0.05) is 0 Å². The summed E-state index contributed by atoms with van der Waals surface area (Å²) in [4.78, 5) is 0. The molecule has 0 heterocycles. The molecule has 22 heavy (non-hydrogen) atoms. The third-order valence-electron chi connectivity index (χ3n) is 3.68. The SMILES string of the molecule is CCCCCCCC(N)O[PH](=O)OC(N)CCCCCCC. The zero-order valence-electron chi connectivity index (χ0n) is 14.5. The molecule has 2 unspecified atom stereocenters. The molecule has 5 nitrogen and oxygen atoms in total. The van der Waals surface area contributed by atoms with Crippen molar-refractivity contribution in [1.29, 1.82) is 0 Å². The zero-order chi connectivity index (χ0) is 16.6. The standard InChI is InChI=1S/C16H37N2O3P/c1-3-5-7-9-11-13-15(17)20-22(19)21-16(18)14-12-10-8-6-4-2/h15-16,22H,3-14,17-18H2,1-2H3. The van der Waals surface area contributed by atoms with E-state index in [9.17, 15) is 4.57 Å². The fourth-order valence-corrected chi connectivity index (χ4v) is 3.08. The fraction of sp³-hybridized carbons (Fsp3) is 1.00. The van der Waals surface area contributed by atoms with Crippen molar-refractivity contribution < 1.29 is 13.6 Å². The Morgan fingerprint density at radius 3 is 1.45 bits per heavy atom. The van der Waals surface area contributed by atoms with Gasteiger partial charge in [0.1, 0.15) is 12.5 Å². The van der Waals surface area contributed by atoms with Crippen LogP contribution in [0.4, 0.5) is 0 Å². The third-order valence-corrected chi connectivity index (χ3v) is 4.67. The highest BCUT2D eigenvalue weighted by Crippen LogP contribution is 2.28. The topological polar surface area (TPSA) is 87.6 Å². The van der Waals surface area contributed by atoms with E-state index in [0.717, 1.165) is 38.5 Å². The van der Waals surface area contributed by atoms with Crippen LogP contribution in [-0.4, -0.2) is 12.5 Å². The minimum absolute atomic E-state index is 0.509. The van der Waals surface area contributed by atoms with Crippen molar-refractivity contribution in [1.82, 2.24) is 0 Å². The molecule has 0 rings (SSSR count). The van der Waals surface area contributed by atoms with E-state index >= 15 is 0 Å². The lowest BCUT2D eigenvalue weighted by Crippen LogP contribution is -2.24. The maximum atomic E-state index is 11.7. The van der Waals surface area contributed by atoms with Crippen LogP contribution in [0.25, 0.3) is 0 Å². The number of unbranched alkanes of at least 4 members (excludes halogenated alkanes) is 8. The first-order chi connectivity index (χ1) is 10.6. The van der Waals surface area contributed by atoms with Crippen molar-refractivity contribution in [3.63, 3.8) is 0 Å². The van der Waals surface area contributed by atoms with Gasteiger partial charge in [-0.2, -0.15) is 0 Å². The Morgan fingerprint density at radius 1 is 0.727 bits per heavy atom. The summed E-state index contributed by atoms with van der Waals surface area (Å²) >= 11 is 0. The van der Waals surface area contributed by atoms with Gasteiger partial charge in [0.05, 0.1) is 0 Å². The molecule has 0 saturated heterocycles. The average molecular weight is 336 g/mol. The summed E-state index contributed by atoms with van der Waals surface area (Å²) in [5, 5.41) is 0. The van der Waals surface area contributed by atoms with Gasteiger partial charge in [-0.3, -0.25) is 13.6 Å². The molecule has 0 bridgehead atoms. The number of hydrogen-bond acceptors (Lipinski definition) is 5. The Labute approximate surface area is 137 Å². The molecule has 6 heteroatoms. The minimum atomic E-state index is -2.58. The molecular weight excluding hydrogens is 299 g/mol. The zero-order valence-corrected chi connectivity index (χ0v) is 15.5. The molecule has 0 aliphatic rings. The lowest BCUT2D eigenvalue weighted by molar-refractivity contribution is 0.123. The minimum Gasteiger partial charge on any atom is -0.306 e. The van der Waals surface area contributed by atoms with E-state index in [1.165, 1.54) is 38.5 Å². The van der Waals surface area contributed by atoms with E-state index in [-0.39, 0.29) is 0 Å². The summed E-state index contributed by atoms with van der Waals surface area (Å²) in [5.74, 6) is 0. The molecule has 134 valence electrons. The van der Waals surface area contributed by atoms with Gasteiger partial charge >= 0.3 is 8.25 Å². The fourth-order valence-electron chi connectivity index (χ4n) is 2.29. The molecule has 0 amide bonds. The molecule has 2 atom stereocenters. The first-order valence-corrected chi connectivity index (χ1v) is 10.2. The molecule has 4 N–H and O–H groups in total. The number of nitrogens with two attached hydrogens (primary N) is 2. The Hall–Kier alpha value is 0.0700. The lowest BCUT2D eigenvalue weighted by atomic mass is 10.1. The van der Waals surface area contributed by atoms with E-state index in [2.05, 4.69) is 13.8 Å². The van der Waals surface area contributed by atoms with E-state index in [1.54, 1.807) is 0 Å². The molecule has 0 radical (unpaired) electrons. The smallest absolute Gasteiger partial charge is 0.306 e. The maximum Gasteiger partial charge on any atom is 0.322 e. The predicted octanol–water partition coefficient (Wildman–Crippen LogP) is 4.70. The Balaban J connectivity index is 3.56. The van der Waals surface area contributed by atoms with Crippen LogP contribution >= 0.6 is 8.25 Å². The van der Waals surface area contributed by atoms with Gasteiger partial charge in [0.15, 0.2) is 0 Å². The van der Waals surface area contributed by atoms with Gasteiger partial charge in [-0.1, -0.05) is 65.2 Å². The van der Waals surface area contributed by atoms with E-state index in [0.29, 0.717) is 0 Å². The van der Waals surface area contributed by atoms with Crippen LogP contribution in [0.15, 0.2) is 0 Å². The molecule has 0 aromatic heterocycles. The van der Waals surface area contributed by atoms with Gasteiger partial charge in [0.2, 0.25) is 0 Å². The quantitative estimate of drug-likeness (QED) is 0.242. The molecule has 0 aromatic rings. The van der Waals surface area contributed by atoms with Gasteiger partial charge in [-0.05, 0) is 25.7 Å². The second-order valence-electron chi connectivity index (χ2n) is 5.97. The molecule has 0 aromatic carbocycles. The lowest BCUT2D eigenvalue weighted by Gasteiger charge is -2.16. The average Bonchev–Trinajstić information content (AvgIpc) is 2.46. The van der Waals surface area contributed by atoms with Gasteiger partial charge in [-0.25, -0.2) is 0 Å². The van der Waals surface area contributed by atoms with Crippen molar-refractivity contribution >= 4 is 8.25 Å². The second kappa shape index (κ2) is 15.9. The van der Waals surface area contributed by atoms with Crippen molar-refractivity contribution in [2.75, 3.05) is 0 Å². The maximum absolute atomic E-state index is 11.7. The van der Waals surface area contributed by atoms with Crippen molar-refractivity contribution in [3.8, 4) is 0 Å². The van der Waals surface area contributed by atoms with Gasteiger partial charge < -0.3 is 11.5 Å². The summed E-state index contributed by atoms with van der Waals surface area (Å²) in [5.41, 5.74) is 11.6. The summed E-state index contributed by atoms with van der Waals surface area (Å²) in [7, 11) is -2.58. The summed E-state index contributed by atoms with van der Waals surface area (Å²) in [6, 6.07) is 0. The normalized spacial score (nSPS) is 15.6. The highest BCUT2D eigenvalue weighted by molar-refractivity contribution is 7.33. The van der Waals surface area contributed by atoms with E-state index < -0.39 is 20.7 Å². The molecule has 0 spiro atoms. The van der Waals surface area contributed by atoms with Crippen LogP contribution < -0.4 is 11.5 Å². The van der Waals surface area contributed by atoms with Crippen LogP contribution in [0.5, 0.6) is 0 Å². The molecule has 0 saturated carbocycles. The van der Waals surface area contributed by atoms with Crippen LogP contribution in [0, 0.1) is 0 Å². The Kier molecular flexibility index (Phi) is 16.0. The largest absolute Gasteiger partial charge is 0.322 e. The first kappa shape index (κ1) is 22.1. The Bertz CT molecular complexity index is 244. The summed E-state index contributed by atoms with van der Waals surface area (Å²) < 4.78 is 22.1. The molecule has 0 aliphatic heterocycles. The van der Waals surface area contributed by atoms with Gasteiger partial charge in [0.25, 0.3) is 0 Å². The molecule has 0 aliphatic carbocycles. The first-order valence-electron chi connectivity index (χ1n) is 8.98. The summed E-state index contributed by atoms with van der Waals surface area (Å²) in [6.45, 7) is 4.37. The van der Waals surface area contributed by atoms with Crippen molar-refractivity contribution in [2.45, 2.75) is 103 Å². The van der Waals surface area contributed by atoms with E-state index in [4.69, 9.17) is 20.5 Å². The van der Waals surface area contributed by atoms with E-state index in [1.807, 2.05) is 0 Å². The van der Waals surface area contributed by atoms with Crippen LogP contribution in [0.2, 0.25) is 0 Å². The second-order valence-corrected chi connectivity index (χ2v) is 6.94. The van der Waals surface area contributed by atoms with Crippen LogP contribution in [0.3, 0.4) is 0 Å². The van der Waals surface area contributed by atoms with Crippen molar-refractivity contribution in [3.05, 3.63) is 0 Å². The Morgan fingerprint density at radius 2 is 1.09 bits per heavy atom. The third kappa shape index (κ3) is 15.0. The molecule has 0 fully saturated rings. The predicted molar refractivity (Wildman–Crippen MR) is 93.9 cm³/mol. The van der Waals surface area contributed by atoms with Crippen LogP contribution in [-0.2, 0) is 13.6 Å². The summed E-state index contributed by atoms with van der Waals surface area (Å²) in [6.07, 6.45) is 12.1. The monoisotopic (exact) mass is 336 g/mol.